The van der Waals surface area contributed by atoms with E-state index in [1.165, 1.54) is 35.4 Å². The van der Waals surface area contributed by atoms with E-state index in [2.05, 4.69) is 56.6 Å². The predicted octanol–water partition coefficient (Wildman–Crippen LogP) is 4.98. The number of aromatic nitrogens is 2. The molecule has 0 amide bonds. The van der Waals surface area contributed by atoms with Gasteiger partial charge >= 0.3 is 0 Å². The van der Waals surface area contributed by atoms with Crippen LogP contribution in [0, 0.1) is 5.92 Å². The molecule has 146 valence electrons. The van der Waals surface area contributed by atoms with Crippen molar-refractivity contribution in [2.24, 2.45) is 5.92 Å². The van der Waals surface area contributed by atoms with Crippen molar-refractivity contribution in [3.63, 3.8) is 0 Å². The third-order valence-electron chi connectivity index (χ3n) is 5.66. The Bertz CT molecular complexity index is 845. The van der Waals surface area contributed by atoms with E-state index in [1.807, 2.05) is 12.3 Å². The second-order valence-corrected chi connectivity index (χ2v) is 8.39. The summed E-state index contributed by atoms with van der Waals surface area (Å²) in [5, 5.41) is 3.34. The number of pyridine rings is 1. The Balaban J connectivity index is 1.38. The molecule has 1 unspecified atom stereocenters. The molecule has 0 saturated carbocycles. The van der Waals surface area contributed by atoms with Crippen LogP contribution in [-0.4, -0.2) is 35.1 Å². The molecule has 28 heavy (non-hydrogen) atoms. The molecule has 0 aliphatic carbocycles. The number of hydrogen-bond acceptors (Lipinski definition) is 5. The second kappa shape index (κ2) is 9.30. The molecule has 1 aliphatic rings. The Kier molecular flexibility index (Phi) is 6.34. The van der Waals surface area contributed by atoms with Crippen molar-refractivity contribution in [3.8, 4) is 5.88 Å². The molecule has 3 aromatic rings. The standard InChI is InChI=1S/C23H27N3OS/c1-27-22-20(8-5-11-24-22)17-26-13-9-18(10-14-26)16-21(23-25-12-15-28-23)19-6-3-2-4-7-19/h2-8,11-12,15,18,21H,9-10,13-14,16-17H2,1H3. The average Bonchev–Trinajstić information content (AvgIpc) is 3.29. The lowest BCUT2D eigenvalue weighted by atomic mass is 9.84. The molecule has 1 aliphatic heterocycles. The summed E-state index contributed by atoms with van der Waals surface area (Å²) in [6.07, 6.45) is 7.37. The van der Waals surface area contributed by atoms with E-state index in [1.54, 1.807) is 24.6 Å². The maximum atomic E-state index is 5.41. The second-order valence-electron chi connectivity index (χ2n) is 7.46. The number of nitrogens with zero attached hydrogens (tertiary/aromatic N) is 3. The highest BCUT2D eigenvalue weighted by Gasteiger charge is 2.26. The zero-order valence-electron chi connectivity index (χ0n) is 16.3. The van der Waals surface area contributed by atoms with Crippen molar-refractivity contribution in [2.45, 2.75) is 31.7 Å². The smallest absolute Gasteiger partial charge is 0.217 e. The first kappa shape index (κ1) is 19.1. The van der Waals surface area contributed by atoms with E-state index in [-0.39, 0.29) is 0 Å². The Labute approximate surface area is 171 Å². The zero-order valence-corrected chi connectivity index (χ0v) is 17.1. The molecule has 4 rings (SSSR count). The number of benzene rings is 1. The summed E-state index contributed by atoms with van der Waals surface area (Å²) in [6.45, 7) is 3.17. The van der Waals surface area contributed by atoms with E-state index in [4.69, 9.17) is 4.74 Å². The van der Waals surface area contributed by atoms with Gasteiger partial charge in [-0.25, -0.2) is 9.97 Å². The normalized spacial score (nSPS) is 16.8. The minimum Gasteiger partial charge on any atom is -0.481 e. The van der Waals surface area contributed by atoms with Gasteiger partial charge in [-0.15, -0.1) is 11.3 Å². The van der Waals surface area contributed by atoms with Gasteiger partial charge in [-0.3, -0.25) is 4.90 Å². The van der Waals surface area contributed by atoms with Gasteiger partial charge in [-0.1, -0.05) is 36.4 Å². The third-order valence-corrected chi connectivity index (χ3v) is 6.55. The summed E-state index contributed by atoms with van der Waals surface area (Å²) in [7, 11) is 1.69. The summed E-state index contributed by atoms with van der Waals surface area (Å²) in [5.41, 5.74) is 2.56. The number of ether oxygens (including phenoxy) is 1. The van der Waals surface area contributed by atoms with Crippen LogP contribution in [0.1, 0.15) is 41.3 Å². The highest BCUT2D eigenvalue weighted by molar-refractivity contribution is 7.09. The lowest BCUT2D eigenvalue weighted by molar-refractivity contribution is 0.168. The Morgan fingerprint density at radius 3 is 2.61 bits per heavy atom. The quantitative estimate of drug-likeness (QED) is 0.567. The van der Waals surface area contributed by atoms with Gasteiger partial charge in [0.1, 0.15) is 0 Å². The van der Waals surface area contributed by atoms with Gasteiger partial charge in [0.15, 0.2) is 0 Å². The molecule has 1 fully saturated rings. The minimum atomic E-state index is 0.413. The number of methoxy groups -OCH3 is 1. The van der Waals surface area contributed by atoms with Gasteiger partial charge in [0, 0.05) is 35.8 Å². The van der Waals surface area contributed by atoms with Crippen molar-refractivity contribution in [1.82, 2.24) is 14.9 Å². The van der Waals surface area contributed by atoms with Gasteiger partial charge in [0.2, 0.25) is 5.88 Å². The van der Waals surface area contributed by atoms with Crippen molar-refractivity contribution in [2.75, 3.05) is 20.2 Å². The first-order valence-electron chi connectivity index (χ1n) is 9.98. The predicted molar refractivity (Wildman–Crippen MR) is 114 cm³/mol. The number of rotatable bonds is 7. The number of likely N-dealkylation sites (tertiary alicyclic amines) is 1. The fourth-order valence-corrected chi connectivity index (χ4v) is 4.93. The summed E-state index contributed by atoms with van der Waals surface area (Å²) in [6, 6.07) is 15.0. The van der Waals surface area contributed by atoms with E-state index in [9.17, 15) is 0 Å². The molecular weight excluding hydrogens is 366 g/mol. The molecule has 4 nitrogen and oxygen atoms in total. The van der Waals surface area contributed by atoms with E-state index in [0.29, 0.717) is 5.92 Å². The number of thiazole rings is 1. The molecule has 1 atom stereocenters. The van der Waals surface area contributed by atoms with Crippen LogP contribution in [0.25, 0.3) is 0 Å². The van der Waals surface area contributed by atoms with Gasteiger partial charge in [-0.05, 0) is 49.9 Å². The van der Waals surface area contributed by atoms with Crippen LogP contribution in [-0.2, 0) is 6.54 Å². The molecule has 0 N–H and O–H groups in total. The van der Waals surface area contributed by atoms with Crippen LogP contribution in [0.2, 0.25) is 0 Å². The first-order valence-corrected chi connectivity index (χ1v) is 10.9. The molecule has 1 saturated heterocycles. The lowest BCUT2D eigenvalue weighted by Crippen LogP contribution is -2.34. The number of piperidine rings is 1. The van der Waals surface area contributed by atoms with Gasteiger partial charge in [-0.2, -0.15) is 0 Å². The Morgan fingerprint density at radius 1 is 1.07 bits per heavy atom. The SMILES string of the molecule is COc1ncccc1CN1CCC(CC(c2ccccc2)c2nccs2)CC1. The summed E-state index contributed by atoms with van der Waals surface area (Å²) in [5.74, 6) is 1.90. The van der Waals surface area contributed by atoms with Crippen LogP contribution in [0.15, 0.2) is 60.2 Å². The number of hydrogen-bond donors (Lipinski definition) is 0. The van der Waals surface area contributed by atoms with Gasteiger partial charge in [0.25, 0.3) is 0 Å². The molecule has 0 radical (unpaired) electrons. The Hall–Kier alpha value is -2.24. The fourth-order valence-electron chi connectivity index (χ4n) is 4.15. The molecule has 0 bridgehead atoms. The Morgan fingerprint density at radius 2 is 1.89 bits per heavy atom. The van der Waals surface area contributed by atoms with Gasteiger partial charge in [0.05, 0.1) is 12.1 Å². The van der Waals surface area contributed by atoms with E-state index < -0.39 is 0 Å². The zero-order chi connectivity index (χ0) is 19.2. The molecular formula is C23H27N3OS. The fraction of sp³-hybridized carbons (Fsp3) is 0.391. The van der Waals surface area contributed by atoms with Gasteiger partial charge < -0.3 is 4.74 Å². The van der Waals surface area contributed by atoms with Crippen LogP contribution in [0.4, 0.5) is 0 Å². The van der Waals surface area contributed by atoms with Crippen LogP contribution >= 0.6 is 11.3 Å². The summed E-state index contributed by atoms with van der Waals surface area (Å²) < 4.78 is 5.41. The van der Waals surface area contributed by atoms with Crippen molar-refractivity contribution >= 4 is 11.3 Å². The lowest BCUT2D eigenvalue weighted by Gasteiger charge is -2.33. The molecule has 3 heterocycles. The maximum Gasteiger partial charge on any atom is 0.217 e. The first-order chi connectivity index (χ1) is 13.8. The highest BCUT2D eigenvalue weighted by atomic mass is 32.1. The average molecular weight is 394 g/mol. The van der Waals surface area contributed by atoms with E-state index >= 15 is 0 Å². The van der Waals surface area contributed by atoms with Crippen molar-refractivity contribution in [3.05, 3.63) is 76.4 Å². The van der Waals surface area contributed by atoms with Crippen LogP contribution < -0.4 is 4.74 Å². The summed E-state index contributed by atoms with van der Waals surface area (Å²) >= 11 is 1.78. The minimum absolute atomic E-state index is 0.413. The highest BCUT2D eigenvalue weighted by Crippen LogP contribution is 2.36. The van der Waals surface area contributed by atoms with E-state index in [0.717, 1.165) is 31.4 Å². The monoisotopic (exact) mass is 393 g/mol. The largest absolute Gasteiger partial charge is 0.481 e. The van der Waals surface area contributed by atoms with Crippen LogP contribution in [0.5, 0.6) is 5.88 Å². The van der Waals surface area contributed by atoms with Crippen molar-refractivity contribution in [1.29, 1.82) is 0 Å². The molecule has 1 aromatic carbocycles. The molecule has 0 spiro atoms. The molecule has 5 heteroatoms. The maximum absolute atomic E-state index is 5.41. The third kappa shape index (κ3) is 4.59. The van der Waals surface area contributed by atoms with Crippen LogP contribution in [0.3, 0.4) is 0 Å². The summed E-state index contributed by atoms with van der Waals surface area (Å²) in [4.78, 5) is 11.5. The molecule has 2 aromatic heterocycles. The van der Waals surface area contributed by atoms with Crippen molar-refractivity contribution < 1.29 is 4.74 Å². The topological polar surface area (TPSA) is 38.2 Å².